The van der Waals surface area contributed by atoms with E-state index in [9.17, 15) is 29.2 Å². The van der Waals surface area contributed by atoms with E-state index in [-0.39, 0.29) is 11.5 Å². The topological polar surface area (TPSA) is 188 Å². The fraction of sp³-hybridized carbons (Fsp3) is 0.433. The zero-order valence-corrected chi connectivity index (χ0v) is 26.1. The molecule has 0 saturated carbocycles. The number of esters is 1. The van der Waals surface area contributed by atoms with Gasteiger partial charge < -0.3 is 28.9 Å². The Morgan fingerprint density at radius 3 is 2.63 bits per heavy atom. The number of rotatable bonds is 11. The first-order valence-electron chi connectivity index (χ1n) is 14.5. The van der Waals surface area contributed by atoms with Crippen LogP contribution in [0.3, 0.4) is 0 Å². The quantitative estimate of drug-likeness (QED) is 0.174. The molecular formula is C30H35FN3O11P. The minimum atomic E-state index is -4.49. The molecule has 46 heavy (non-hydrogen) atoms. The van der Waals surface area contributed by atoms with Gasteiger partial charge in [-0.05, 0) is 38.5 Å². The summed E-state index contributed by atoms with van der Waals surface area (Å²) < 4.78 is 58.5. The third-order valence-electron chi connectivity index (χ3n) is 7.46. The van der Waals surface area contributed by atoms with Crippen LogP contribution in [0.1, 0.15) is 56.8 Å². The second kappa shape index (κ2) is 13.5. The molecule has 2 aliphatic heterocycles. The Bertz CT molecular complexity index is 1710. The lowest BCUT2D eigenvalue weighted by molar-refractivity contribution is -0.146. The van der Waals surface area contributed by atoms with Gasteiger partial charge in [-0.3, -0.25) is 23.7 Å². The van der Waals surface area contributed by atoms with E-state index in [0.29, 0.717) is 12.0 Å². The van der Waals surface area contributed by atoms with Crippen molar-refractivity contribution in [3.8, 4) is 11.5 Å². The van der Waals surface area contributed by atoms with Crippen molar-refractivity contribution in [2.24, 2.45) is 0 Å². The van der Waals surface area contributed by atoms with Gasteiger partial charge in [0, 0.05) is 30.3 Å². The summed E-state index contributed by atoms with van der Waals surface area (Å²) in [5.41, 5.74) is -2.89. The molecule has 3 aromatic rings. The molecule has 0 bridgehead atoms. The van der Waals surface area contributed by atoms with E-state index < -0.39 is 80.5 Å². The number of carbonyl (C=O) groups is 1. The summed E-state index contributed by atoms with van der Waals surface area (Å²) in [5, 5.41) is 23.9. The number of halogens is 1. The van der Waals surface area contributed by atoms with E-state index in [1.54, 1.807) is 19.9 Å². The molecule has 5 rings (SSSR count). The van der Waals surface area contributed by atoms with Gasteiger partial charge in [-0.25, -0.2) is 18.8 Å². The van der Waals surface area contributed by atoms with Crippen molar-refractivity contribution < 1.29 is 47.2 Å². The number of hydrogen-bond acceptors (Lipinski definition) is 11. The number of ether oxygens (including phenoxy) is 3. The number of fused-ring (bicyclic) bond motifs is 1. The normalized spacial score (nSPS) is 27.0. The number of alkyl halides is 1. The Labute approximate surface area is 262 Å². The average Bonchev–Trinajstić information content (AvgIpc) is 3.22. The third-order valence-corrected chi connectivity index (χ3v) is 8.95. The molecule has 14 nitrogen and oxygen atoms in total. The van der Waals surface area contributed by atoms with Crippen LogP contribution in [-0.4, -0.2) is 62.9 Å². The van der Waals surface area contributed by atoms with E-state index in [0.717, 1.165) is 29.3 Å². The standard InChI is InChI=1S/C30H35FN3O11P/c1-17(2)42-26(37)15-32-46(40,41-16-24-27(38)30(3,31)28(44-24)34-12-11-25(36)33-29(34)39)45-19-9-10-20-21(35)14-22(43-23(20)13-19)18-7-5-4-6-8-18/h4-13,17,21-22,24,27-28,35,38H,14-16H2,1-3H3,(H,32,40)(H,33,36,39). The number of aliphatic hydroxyl groups is 2. The van der Waals surface area contributed by atoms with Gasteiger partial charge in [0.05, 0.1) is 18.8 Å². The van der Waals surface area contributed by atoms with Crippen molar-refractivity contribution in [3.63, 3.8) is 0 Å². The highest BCUT2D eigenvalue weighted by Crippen LogP contribution is 2.49. The number of nitrogens with one attached hydrogen (secondary N) is 2. The molecule has 1 saturated heterocycles. The summed E-state index contributed by atoms with van der Waals surface area (Å²) in [6, 6.07) is 14.7. The van der Waals surface area contributed by atoms with E-state index in [2.05, 4.69) is 5.09 Å². The van der Waals surface area contributed by atoms with Crippen molar-refractivity contribution in [1.29, 1.82) is 0 Å². The Kier molecular flexibility index (Phi) is 9.82. The molecule has 0 aliphatic carbocycles. The third kappa shape index (κ3) is 7.41. The number of hydrogen-bond donors (Lipinski definition) is 4. The molecule has 1 aromatic heterocycles. The fourth-order valence-corrected chi connectivity index (χ4v) is 6.46. The predicted octanol–water partition coefficient (Wildman–Crippen LogP) is 2.83. The zero-order valence-electron chi connectivity index (χ0n) is 25.2. The molecule has 1 fully saturated rings. The van der Waals surface area contributed by atoms with Crippen molar-refractivity contribution in [3.05, 3.63) is 92.8 Å². The molecule has 16 heteroatoms. The van der Waals surface area contributed by atoms with Gasteiger partial charge >= 0.3 is 19.4 Å². The Balaban J connectivity index is 1.36. The summed E-state index contributed by atoms with van der Waals surface area (Å²) in [5.74, 6) is -0.516. The number of aromatic nitrogens is 2. The molecule has 248 valence electrons. The molecule has 2 aliphatic rings. The SMILES string of the molecule is CC(C)OC(=O)CNP(=O)(OCC1OC(n2ccc(=O)[nH]c2=O)C(C)(F)C1O)Oc1ccc2c(c1)OC(c1ccccc1)CC2O. The number of carbonyl (C=O) groups excluding carboxylic acids is 1. The maximum Gasteiger partial charge on any atom is 0.459 e. The highest BCUT2D eigenvalue weighted by molar-refractivity contribution is 7.52. The van der Waals surface area contributed by atoms with Crippen molar-refractivity contribution in [1.82, 2.24) is 14.6 Å². The minimum absolute atomic E-state index is 0.0198. The average molecular weight is 664 g/mol. The van der Waals surface area contributed by atoms with Crippen LogP contribution < -0.4 is 25.6 Å². The number of H-pyrrole nitrogens is 1. The molecule has 0 amide bonds. The van der Waals surface area contributed by atoms with Gasteiger partial charge in [0.15, 0.2) is 11.9 Å². The van der Waals surface area contributed by atoms with E-state index in [4.69, 9.17) is 23.3 Å². The van der Waals surface area contributed by atoms with Crippen LogP contribution in [0.5, 0.6) is 11.5 Å². The second-order valence-corrected chi connectivity index (χ2v) is 13.1. The summed E-state index contributed by atoms with van der Waals surface area (Å²) in [4.78, 5) is 38.0. The summed E-state index contributed by atoms with van der Waals surface area (Å²) in [7, 11) is -4.49. The van der Waals surface area contributed by atoms with Gasteiger partial charge in [0.2, 0.25) is 0 Å². The molecule has 7 atom stereocenters. The summed E-state index contributed by atoms with van der Waals surface area (Å²) in [6.45, 7) is 2.95. The lowest BCUT2D eigenvalue weighted by atomic mass is 9.95. The largest absolute Gasteiger partial charge is 0.485 e. The smallest absolute Gasteiger partial charge is 0.459 e. The van der Waals surface area contributed by atoms with Crippen LogP contribution in [0.4, 0.5) is 4.39 Å². The van der Waals surface area contributed by atoms with E-state index in [1.807, 2.05) is 35.3 Å². The molecule has 3 heterocycles. The minimum Gasteiger partial charge on any atom is -0.485 e. The molecular weight excluding hydrogens is 628 g/mol. The monoisotopic (exact) mass is 663 g/mol. The number of benzene rings is 2. The van der Waals surface area contributed by atoms with Crippen molar-refractivity contribution in [2.75, 3.05) is 13.2 Å². The fourth-order valence-electron chi connectivity index (χ4n) is 5.19. The zero-order chi connectivity index (χ0) is 33.2. The van der Waals surface area contributed by atoms with Gasteiger partial charge in [-0.15, -0.1) is 0 Å². The maximum absolute atomic E-state index is 15.7. The Morgan fingerprint density at radius 2 is 1.93 bits per heavy atom. The molecule has 0 spiro atoms. The van der Waals surface area contributed by atoms with Gasteiger partial charge in [0.25, 0.3) is 5.56 Å². The van der Waals surface area contributed by atoms with Crippen LogP contribution in [0.15, 0.2) is 70.4 Å². The lowest BCUT2D eigenvalue weighted by Crippen LogP contribution is -2.43. The van der Waals surface area contributed by atoms with Gasteiger partial charge in [-0.2, -0.15) is 0 Å². The van der Waals surface area contributed by atoms with E-state index in [1.165, 1.54) is 12.1 Å². The van der Waals surface area contributed by atoms with Crippen LogP contribution in [0.2, 0.25) is 0 Å². The van der Waals surface area contributed by atoms with Crippen LogP contribution >= 0.6 is 7.75 Å². The first-order chi connectivity index (χ1) is 21.8. The van der Waals surface area contributed by atoms with Crippen molar-refractivity contribution in [2.45, 2.75) is 69.6 Å². The van der Waals surface area contributed by atoms with E-state index >= 15 is 4.39 Å². The van der Waals surface area contributed by atoms with Crippen LogP contribution in [0, 0.1) is 0 Å². The second-order valence-electron chi connectivity index (χ2n) is 11.4. The molecule has 4 N–H and O–H groups in total. The molecule has 0 radical (unpaired) electrons. The maximum atomic E-state index is 15.7. The Morgan fingerprint density at radius 1 is 1.20 bits per heavy atom. The molecule has 2 aromatic carbocycles. The van der Waals surface area contributed by atoms with Crippen LogP contribution in [0.25, 0.3) is 0 Å². The summed E-state index contributed by atoms with van der Waals surface area (Å²) in [6.07, 6.45) is -5.46. The highest BCUT2D eigenvalue weighted by Gasteiger charge is 2.55. The highest BCUT2D eigenvalue weighted by atomic mass is 31.2. The molecule has 7 unspecified atom stereocenters. The van der Waals surface area contributed by atoms with Crippen LogP contribution in [-0.2, 0) is 23.4 Å². The summed E-state index contributed by atoms with van der Waals surface area (Å²) >= 11 is 0. The number of aliphatic hydroxyl groups excluding tert-OH is 2. The van der Waals surface area contributed by atoms with Gasteiger partial charge in [0.1, 0.15) is 36.4 Å². The number of aromatic amines is 1. The van der Waals surface area contributed by atoms with Gasteiger partial charge in [-0.1, -0.05) is 30.3 Å². The van der Waals surface area contributed by atoms with Crippen molar-refractivity contribution >= 4 is 13.7 Å². The lowest BCUT2D eigenvalue weighted by Gasteiger charge is -2.30. The first-order valence-corrected chi connectivity index (χ1v) is 16.1. The predicted molar refractivity (Wildman–Crippen MR) is 160 cm³/mol. The number of nitrogens with zero attached hydrogens (tertiary/aromatic N) is 1. The Hall–Kier alpha value is -3.85. The first kappa shape index (κ1) is 33.5.